The molecule has 3 aliphatic rings. The van der Waals surface area contributed by atoms with E-state index in [0.717, 1.165) is 30.6 Å². The van der Waals surface area contributed by atoms with Gasteiger partial charge in [-0.05, 0) is 79.4 Å². The van der Waals surface area contributed by atoms with Crippen molar-refractivity contribution >= 4 is 27.7 Å². The number of Topliss-reactive ketones (excluding diaryl/α,β-unsaturated/α-hetero) is 1. The molecule has 8 atom stereocenters. The summed E-state index contributed by atoms with van der Waals surface area (Å²) >= 11 is 3.71. The Balaban J connectivity index is 1.77. The van der Waals surface area contributed by atoms with Gasteiger partial charge in [-0.3, -0.25) is 9.59 Å². The van der Waals surface area contributed by atoms with E-state index in [1.807, 2.05) is 0 Å². The van der Waals surface area contributed by atoms with Crippen molar-refractivity contribution in [3.8, 4) is 0 Å². The standard InChI is InChI=1S/C26H43BrO3/c1-16(2)7-6-8-17(3)19-9-10-20-18-15-22(27)24(30)26(5,14-12-23(28)29)21(18)11-13-25(19,20)4/h16-22H,6-15H2,1-5H3,(H,28,29)/t17-,18+,19-,20-,21+,22-,25+,26-/m0/s1. The summed E-state index contributed by atoms with van der Waals surface area (Å²) in [6, 6.07) is 0. The Morgan fingerprint density at radius 3 is 2.47 bits per heavy atom. The molecule has 0 aromatic carbocycles. The Morgan fingerprint density at radius 1 is 1.13 bits per heavy atom. The Morgan fingerprint density at radius 2 is 1.83 bits per heavy atom. The van der Waals surface area contributed by atoms with E-state index in [1.165, 1.54) is 38.5 Å². The minimum Gasteiger partial charge on any atom is -0.481 e. The van der Waals surface area contributed by atoms with E-state index in [-0.39, 0.29) is 17.0 Å². The first-order chi connectivity index (χ1) is 14.0. The molecule has 3 aliphatic carbocycles. The molecule has 30 heavy (non-hydrogen) atoms. The molecule has 1 N–H and O–H groups in total. The smallest absolute Gasteiger partial charge is 0.303 e. The quantitative estimate of drug-likeness (QED) is 0.374. The van der Waals surface area contributed by atoms with Crippen LogP contribution in [0.2, 0.25) is 0 Å². The van der Waals surface area contributed by atoms with Crippen LogP contribution in [0.3, 0.4) is 0 Å². The van der Waals surface area contributed by atoms with Gasteiger partial charge in [-0.15, -0.1) is 0 Å². The van der Waals surface area contributed by atoms with Gasteiger partial charge in [0.1, 0.15) is 0 Å². The summed E-state index contributed by atoms with van der Waals surface area (Å²) in [5.74, 6) is 3.43. The van der Waals surface area contributed by atoms with Gasteiger partial charge in [0.15, 0.2) is 5.78 Å². The van der Waals surface area contributed by atoms with Crippen LogP contribution in [0.5, 0.6) is 0 Å². The van der Waals surface area contributed by atoms with Gasteiger partial charge in [-0.25, -0.2) is 0 Å². The molecule has 3 nitrogen and oxygen atoms in total. The monoisotopic (exact) mass is 482 g/mol. The van der Waals surface area contributed by atoms with Gasteiger partial charge in [0, 0.05) is 11.8 Å². The number of hydrogen-bond acceptors (Lipinski definition) is 2. The summed E-state index contributed by atoms with van der Waals surface area (Å²) in [6.45, 7) is 11.8. The molecule has 4 heteroatoms. The third-order valence-electron chi connectivity index (χ3n) is 9.64. The van der Waals surface area contributed by atoms with E-state index >= 15 is 0 Å². The summed E-state index contributed by atoms with van der Waals surface area (Å²) in [6.07, 6.45) is 10.5. The number of hydrogen-bond donors (Lipinski definition) is 1. The molecule has 0 radical (unpaired) electrons. The lowest BCUT2D eigenvalue weighted by Crippen LogP contribution is -2.55. The third kappa shape index (κ3) is 4.41. The molecule has 3 rings (SSSR count). The van der Waals surface area contributed by atoms with E-state index in [2.05, 4.69) is 50.5 Å². The number of carbonyl (C=O) groups is 2. The van der Waals surface area contributed by atoms with Crippen molar-refractivity contribution in [2.24, 2.45) is 46.3 Å². The fourth-order valence-electron chi connectivity index (χ4n) is 7.99. The molecule has 0 aromatic rings. The van der Waals surface area contributed by atoms with E-state index in [0.29, 0.717) is 29.6 Å². The normalized spacial score (nSPS) is 42.1. The van der Waals surface area contributed by atoms with Crippen molar-refractivity contribution in [2.75, 3.05) is 0 Å². The highest BCUT2D eigenvalue weighted by molar-refractivity contribution is 9.10. The maximum absolute atomic E-state index is 13.2. The lowest BCUT2D eigenvalue weighted by Gasteiger charge is -2.57. The second-order valence-electron chi connectivity index (χ2n) is 11.8. The third-order valence-corrected chi connectivity index (χ3v) is 10.4. The number of ketones is 1. The molecule has 0 bridgehead atoms. The molecule has 0 aliphatic heterocycles. The Bertz CT molecular complexity index is 646. The SMILES string of the molecule is CC(C)CCC[C@H](C)[C@@H]1CC[C@H]2[C@H]3C[C@H](Br)C(=O)[C@@](C)(CCC(=O)O)[C@@H]3CC[C@@]21C. The van der Waals surface area contributed by atoms with Crippen molar-refractivity contribution in [3.05, 3.63) is 0 Å². The highest BCUT2D eigenvalue weighted by Crippen LogP contribution is 2.66. The van der Waals surface area contributed by atoms with E-state index in [1.54, 1.807) is 0 Å². The minimum atomic E-state index is -0.783. The van der Waals surface area contributed by atoms with Crippen LogP contribution in [0.25, 0.3) is 0 Å². The summed E-state index contributed by atoms with van der Waals surface area (Å²) in [4.78, 5) is 24.4. The minimum absolute atomic E-state index is 0.0998. The highest BCUT2D eigenvalue weighted by atomic mass is 79.9. The topological polar surface area (TPSA) is 54.4 Å². The molecule has 0 amide bonds. The van der Waals surface area contributed by atoms with Gasteiger partial charge in [-0.1, -0.05) is 69.8 Å². The van der Waals surface area contributed by atoms with Gasteiger partial charge >= 0.3 is 5.97 Å². The number of halogens is 1. The van der Waals surface area contributed by atoms with Gasteiger partial charge < -0.3 is 5.11 Å². The van der Waals surface area contributed by atoms with Crippen LogP contribution in [0, 0.1) is 46.3 Å². The maximum atomic E-state index is 13.2. The van der Waals surface area contributed by atoms with Gasteiger partial charge in [0.25, 0.3) is 0 Å². The summed E-state index contributed by atoms with van der Waals surface area (Å²) in [7, 11) is 0. The Kier molecular flexibility index (Phi) is 7.47. The maximum Gasteiger partial charge on any atom is 0.303 e. The number of carbonyl (C=O) groups excluding carboxylic acids is 1. The zero-order valence-corrected chi connectivity index (χ0v) is 21.3. The van der Waals surface area contributed by atoms with Crippen LogP contribution in [-0.4, -0.2) is 21.7 Å². The molecule has 0 unspecified atom stereocenters. The molecule has 0 heterocycles. The average molecular weight is 484 g/mol. The number of aliphatic carboxylic acids is 1. The van der Waals surface area contributed by atoms with Crippen LogP contribution < -0.4 is 0 Å². The molecular formula is C26H43BrO3. The summed E-state index contributed by atoms with van der Waals surface area (Å²) in [5.41, 5.74) is -0.100. The second kappa shape index (κ2) is 9.24. The molecule has 0 saturated heterocycles. The first-order valence-corrected chi connectivity index (χ1v) is 13.3. The van der Waals surface area contributed by atoms with Crippen molar-refractivity contribution in [3.63, 3.8) is 0 Å². The van der Waals surface area contributed by atoms with Crippen LogP contribution >= 0.6 is 15.9 Å². The first-order valence-electron chi connectivity index (χ1n) is 12.4. The van der Waals surface area contributed by atoms with E-state index in [4.69, 9.17) is 0 Å². The van der Waals surface area contributed by atoms with E-state index < -0.39 is 11.4 Å². The van der Waals surface area contributed by atoms with Gasteiger partial charge in [-0.2, -0.15) is 0 Å². The fraction of sp³-hybridized carbons (Fsp3) is 0.923. The van der Waals surface area contributed by atoms with Crippen LogP contribution in [0.4, 0.5) is 0 Å². The van der Waals surface area contributed by atoms with Gasteiger partial charge in [0.2, 0.25) is 0 Å². The molecular weight excluding hydrogens is 440 g/mol. The number of fused-ring (bicyclic) bond motifs is 3. The first kappa shape index (κ1) is 24.3. The van der Waals surface area contributed by atoms with Crippen molar-refractivity contribution < 1.29 is 14.7 Å². The number of alkyl halides is 1. The predicted molar refractivity (Wildman–Crippen MR) is 126 cm³/mol. The highest BCUT2D eigenvalue weighted by Gasteiger charge is 2.61. The lowest BCUT2D eigenvalue weighted by molar-refractivity contribution is -0.147. The predicted octanol–water partition coefficient (Wildman–Crippen LogP) is 7.11. The lowest BCUT2D eigenvalue weighted by atomic mass is 9.48. The largest absolute Gasteiger partial charge is 0.481 e. The van der Waals surface area contributed by atoms with Crippen molar-refractivity contribution in [2.45, 2.75) is 104 Å². The molecule has 3 fully saturated rings. The molecule has 3 saturated carbocycles. The van der Waals surface area contributed by atoms with E-state index in [9.17, 15) is 14.7 Å². The zero-order valence-electron chi connectivity index (χ0n) is 19.8. The van der Waals surface area contributed by atoms with Gasteiger partial charge in [0.05, 0.1) is 4.83 Å². The number of rotatable bonds is 8. The second-order valence-corrected chi connectivity index (χ2v) is 12.9. The Hall–Kier alpha value is -0.380. The fourth-order valence-corrected chi connectivity index (χ4v) is 8.95. The molecule has 172 valence electrons. The Labute approximate surface area is 192 Å². The van der Waals surface area contributed by atoms with Crippen LogP contribution in [0.15, 0.2) is 0 Å². The number of carboxylic acid groups (broad SMARTS) is 1. The molecule has 0 spiro atoms. The van der Waals surface area contributed by atoms with Crippen molar-refractivity contribution in [1.82, 2.24) is 0 Å². The van der Waals surface area contributed by atoms with Crippen molar-refractivity contribution in [1.29, 1.82) is 0 Å². The summed E-state index contributed by atoms with van der Waals surface area (Å²) in [5, 5.41) is 9.28. The number of carboxylic acids is 1. The zero-order chi connectivity index (χ0) is 22.3. The average Bonchev–Trinajstić information content (AvgIpc) is 3.02. The summed E-state index contributed by atoms with van der Waals surface area (Å²) < 4.78 is 0. The van der Waals surface area contributed by atoms with Crippen LogP contribution in [-0.2, 0) is 9.59 Å². The van der Waals surface area contributed by atoms with Crippen LogP contribution in [0.1, 0.15) is 98.8 Å². The molecule has 0 aromatic heterocycles.